The summed E-state index contributed by atoms with van der Waals surface area (Å²) in [7, 11) is 0. The number of hydrogen-bond acceptors (Lipinski definition) is 1. The Balaban J connectivity index is 2.63. The summed E-state index contributed by atoms with van der Waals surface area (Å²) < 4.78 is 5.35. The third-order valence-electron chi connectivity index (χ3n) is 1.77. The highest BCUT2D eigenvalue weighted by Crippen LogP contribution is 2.10. The Morgan fingerprint density at radius 3 is 2.69 bits per heavy atom. The summed E-state index contributed by atoms with van der Waals surface area (Å²) in [5, 5.41) is 0. The Hall–Kier alpha value is -1.34. The van der Waals surface area contributed by atoms with Gasteiger partial charge in [-0.25, -0.2) is 0 Å². The molecule has 0 N–H and O–H groups in total. The molecule has 0 amide bonds. The van der Waals surface area contributed by atoms with Gasteiger partial charge in [-0.05, 0) is 11.1 Å². The molecule has 0 aliphatic carbocycles. The highest BCUT2D eigenvalue weighted by Gasteiger charge is 1.96. The maximum atomic E-state index is 5.35. The van der Waals surface area contributed by atoms with Gasteiger partial charge in [-0.1, -0.05) is 43.0 Å². The van der Waals surface area contributed by atoms with Gasteiger partial charge in [0.1, 0.15) is 0 Å². The summed E-state index contributed by atoms with van der Waals surface area (Å²) in [6.07, 6.45) is 3.59. The highest BCUT2D eigenvalue weighted by atomic mass is 16.5. The standard InChI is InChI=1S/C12H14O/c1-3-9-13-10-12-8-6-5-7-11(12)4-2/h3-8H,1-2,9-10H2. The Kier molecular flexibility index (Phi) is 4.00. The van der Waals surface area contributed by atoms with Crippen molar-refractivity contribution in [3.63, 3.8) is 0 Å². The van der Waals surface area contributed by atoms with Crippen molar-refractivity contribution >= 4 is 6.08 Å². The van der Waals surface area contributed by atoms with Crippen LogP contribution in [-0.4, -0.2) is 6.61 Å². The van der Waals surface area contributed by atoms with Gasteiger partial charge in [-0.3, -0.25) is 0 Å². The molecule has 0 aliphatic heterocycles. The summed E-state index contributed by atoms with van der Waals surface area (Å²) in [6.45, 7) is 8.54. The van der Waals surface area contributed by atoms with Gasteiger partial charge in [0, 0.05) is 0 Å². The predicted octanol–water partition coefficient (Wildman–Crippen LogP) is 3.03. The van der Waals surface area contributed by atoms with E-state index in [0.29, 0.717) is 13.2 Å². The van der Waals surface area contributed by atoms with E-state index in [2.05, 4.69) is 13.2 Å². The van der Waals surface area contributed by atoms with E-state index < -0.39 is 0 Å². The van der Waals surface area contributed by atoms with E-state index >= 15 is 0 Å². The van der Waals surface area contributed by atoms with Gasteiger partial charge in [0.15, 0.2) is 0 Å². The van der Waals surface area contributed by atoms with Crippen LogP contribution in [-0.2, 0) is 11.3 Å². The van der Waals surface area contributed by atoms with E-state index in [1.165, 1.54) is 5.56 Å². The first-order valence-corrected chi connectivity index (χ1v) is 4.27. The Morgan fingerprint density at radius 2 is 2.00 bits per heavy atom. The minimum Gasteiger partial charge on any atom is -0.373 e. The van der Waals surface area contributed by atoms with Gasteiger partial charge in [0.25, 0.3) is 0 Å². The second-order valence-corrected chi connectivity index (χ2v) is 2.71. The summed E-state index contributed by atoms with van der Waals surface area (Å²) in [4.78, 5) is 0. The fourth-order valence-corrected chi connectivity index (χ4v) is 1.12. The van der Waals surface area contributed by atoms with E-state index in [4.69, 9.17) is 4.74 Å². The first kappa shape index (κ1) is 9.75. The molecule has 0 atom stereocenters. The van der Waals surface area contributed by atoms with E-state index in [1.54, 1.807) is 6.08 Å². The fraction of sp³-hybridized carbons (Fsp3) is 0.167. The number of benzene rings is 1. The average Bonchev–Trinajstić information content (AvgIpc) is 2.19. The summed E-state index contributed by atoms with van der Waals surface area (Å²) >= 11 is 0. The zero-order valence-corrected chi connectivity index (χ0v) is 7.70. The Labute approximate surface area is 79.4 Å². The lowest BCUT2D eigenvalue weighted by atomic mass is 10.1. The first-order chi connectivity index (χ1) is 6.38. The maximum Gasteiger partial charge on any atom is 0.0726 e. The smallest absolute Gasteiger partial charge is 0.0726 e. The Morgan fingerprint density at radius 1 is 1.23 bits per heavy atom. The minimum absolute atomic E-state index is 0.589. The van der Waals surface area contributed by atoms with Crippen LogP contribution in [0.15, 0.2) is 43.5 Å². The maximum absolute atomic E-state index is 5.35. The zero-order valence-electron chi connectivity index (χ0n) is 7.70. The third-order valence-corrected chi connectivity index (χ3v) is 1.77. The van der Waals surface area contributed by atoms with Crippen molar-refractivity contribution in [1.29, 1.82) is 0 Å². The quantitative estimate of drug-likeness (QED) is 0.492. The van der Waals surface area contributed by atoms with Crippen molar-refractivity contribution in [1.82, 2.24) is 0 Å². The zero-order chi connectivity index (χ0) is 9.52. The number of ether oxygens (including phenoxy) is 1. The lowest BCUT2D eigenvalue weighted by Crippen LogP contribution is -1.94. The van der Waals surface area contributed by atoms with E-state index in [-0.39, 0.29) is 0 Å². The SMILES string of the molecule is C=CCOCc1ccccc1C=C. The monoisotopic (exact) mass is 174 g/mol. The predicted molar refractivity (Wildman–Crippen MR) is 56.4 cm³/mol. The van der Waals surface area contributed by atoms with Crippen molar-refractivity contribution < 1.29 is 4.74 Å². The first-order valence-electron chi connectivity index (χ1n) is 4.27. The molecule has 0 radical (unpaired) electrons. The van der Waals surface area contributed by atoms with Crippen LogP contribution in [0, 0.1) is 0 Å². The van der Waals surface area contributed by atoms with E-state index in [0.717, 1.165) is 5.56 Å². The van der Waals surface area contributed by atoms with Gasteiger partial charge in [-0.15, -0.1) is 6.58 Å². The molecular weight excluding hydrogens is 160 g/mol. The molecule has 1 heteroatoms. The molecular formula is C12H14O. The highest BCUT2D eigenvalue weighted by molar-refractivity contribution is 5.51. The molecule has 0 aliphatic rings. The third kappa shape index (κ3) is 2.88. The molecule has 0 fully saturated rings. The van der Waals surface area contributed by atoms with Crippen LogP contribution in [0.25, 0.3) is 6.08 Å². The summed E-state index contributed by atoms with van der Waals surface area (Å²) in [5.41, 5.74) is 2.30. The molecule has 0 bridgehead atoms. The second-order valence-electron chi connectivity index (χ2n) is 2.71. The largest absolute Gasteiger partial charge is 0.373 e. The molecule has 13 heavy (non-hydrogen) atoms. The molecule has 1 aromatic carbocycles. The topological polar surface area (TPSA) is 9.23 Å². The molecule has 1 aromatic rings. The van der Waals surface area contributed by atoms with Crippen LogP contribution in [0.5, 0.6) is 0 Å². The van der Waals surface area contributed by atoms with Crippen LogP contribution in [0.4, 0.5) is 0 Å². The summed E-state index contributed by atoms with van der Waals surface area (Å²) in [5.74, 6) is 0. The van der Waals surface area contributed by atoms with Crippen LogP contribution >= 0.6 is 0 Å². The van der Waals surface area contributed by atoms with E-state index in [9.17, 15) is 0 Å². The van der Waals surface area contributed by atoms with Gasteiger partial charge in [0.2, 0.25) is 0 Å². The van der Waals surface area contributed by atoms with Gasteiger partial charge in [-0.2, -0.15) is 0 Å². The van der Waals surface area contributed by atoms with Gasteiger partial charge < -0.3 is 4.74 Å². The molecule has 1 nitrogen and oxygen atoms in total. The molecule has 0 saturated heterocycles. The van der Waals surface area contributed by atoms with Crippen molar-refractivity contribution in [2.45, 2.75) is 6.61 Å². The Bertz CT molecular complexity index is 289. The lowest BCUT2D eigenvalue weighted by molar-refractivity contribution is 0.149. The average molecular weight is 174 g/mol. The second kappa shape index (κ2) is 5.33. The fourth-order valence-electron chi connectivity index (χ4n) is 1.12. The molecule has 0 aromatic heterocycles. The van der Waals surface area contributed by atoms with Gasteiger partial charge in [0.05, 0.1) is 13.2 Å². The van der Waals surface area contributed by atoms with Gasteiger partial charge >= 0.3 is 0 Å². The number of hydrogen-bond donors (Lipinski definition) is 0. The van der Waals surface area contributed by atoms with Crippen LogP contribution in [0.2, 0.25) is 0 Å². The van der Waals surface area contributed by atoms with Crippen LogP contribution in [0.1, 0.15) is 11.1 Å². The molecule has 0 saturated carbocycles. The normalized spacial score (nSPS) is 9.54. The molecule has 0 unspecified atom stereocenters. The minimum atomic E-state index is 0.589. The van der Waals surface area contributed by atoms with Crippen molar-refractivity contribution in [3.05, 3.63) is 54.6 Å². The van der Waals surface area contributed by atoms with Crippen LogP contribution < -0.4 is 0 Å². The number of rotatable bonds is 5. The molecule has 1 rings (SSSR count). The summed E-state index contributed by atoms with van der Waals surface area (Å²) in [6, 6.07) is 8.06. The molecule has 0 heterocycles. The van der Waals surface area contributed by atoms with Crippen molar-refractivity contribution in [2.24, 2.45) is 0 Å². The van der Waals surface area contributed by atoms with E-state index in [1.807, 2.05) is 30.3 Å². The van der Waals surface area contributed by atoms with Crippen molar-refractivity contribution in [3.8, 4) is 0 Å². The van der Waals surface area contributed by atoms with Crippen molar-refractivity contribution in [2.75, 3.05) is 6.61 Å². The lowest BCUT2D eigenvalue weighted by Gasteiger charge is -2.04. The molecule has 0 spiro atoms. The van der Waals surface area contributed by atoms with Crippen LogP contribution in [0.3, 0.4) is 0 Å². The molecule has 68 valence electrons.